The second-order valence-electron chi connectivity index (χ2n) is 2.82. The van der Waals surface area contributed by atoms with E-state index in [1.807, 2.05) is 0 Å². The Balaban J connectivity index is 3.98. The van der Waals surface area contributed by atoms with E-state index in [0.29, 0.717) is 6.54 Å². The van der Waals surface area contributed by atoms with Crippen molar-refractivity contribution in [2.75, 3.05) is 20.3 Å². The van der Waals surface area contributed by atoms with Gasteiger partial charge in [0.25, 0.3) is 0 Å². The van der Waals surface area contributed by atoms with Gasteiger partial charge < -0.3 is 20.5 Å². The van der Waals surface area contributed by atoms with Crippen LogP contribution < -0.4 is 10.6 Å². The average Bonchev–Trinajstić information content (AvgIpc) is 2.20. The van der Waals surface area contributed by atoms with E-state index in [9.17, 15) is 9.59 Å². The van der Waals surface area contributed by atoms with Gasteiger partial charge in [-0.15, -0.1) is 6.58 Å². The molecule has 1 unspecified atom stereocenters. The topological polar surface area (TPSA) is 87.7 Å². The number of rotatable bonds is 7. The fraction of sp³-hybridized carbons (Fsp3) is 0.556. The van der Waals surface area contributed by atoms with Crippen molar-refractivity contribution in [1.82, 2.24) is 10.6 Å². The molecule has 15 heavy (non-hydrogen) atoms. The van der Waals surface area contributed by atoms with Crippen LogP contribution in [0.3, 0.4) is 0 Å². The second-order valence-corrected chi connectivity index (χ2v) is 2.82. The lowest BCUT2D eigenvalue weighted by Gasteiger charge is -2.13. The van der Waals surface area contributed by atoms with Crippen molar-refractivity contribution in [3.63, 3.8) is 0 Å². The smallest absolute Gasteiger partial charge is 0.326 e. The van der Waals surface area contributed by atoms with Crippen molar-refractivity contribution >= 4 is 12.0 Å². The summed E-state index contributed by atoms with van der Waals surface area (Å²) < 4.78 is 4.73. The first-order valence-electron chi connectivity index (χ1n) is 4.48. The molecule has 0 aromatic carbocycles. The number of ether oxygens (including phenoxy) is 1. The van der Waals surface area contributed by atoms with E-state index in [-0.39, 0.29) is 13.0 Å². The average molecular weight is 216 g/mol. The first-order chi connectivity index (χ1) is 7.11. The molecule has 0 aromatic heterocycles. The van der Waals surface area contributed by atoms with Gasteiger partial charge in [-0.25, -0.2) is 9.59 Å². The highest BCUT2D eigenvalue weighted by Crippen LogP contribution is 1.92. The molecular formula is C9H16N2O4. The van der Waals surface area contributed by atoms with Crippen LogP contribution in [0.4, 0.5) is 4.79 Å². The van der Waals surface area contributed by atoms with Crippen molar-refractivity contribution in [2.24, 2.45) is 0 Å². The molecule has 1 atom stereocenters. The summed E-state index contributed by atoms with van der Waals surface area (Å²) in [7, 11) is 1.47. The molecule has 6 heteroatoms. The van der Waals surface area contributed by atoms with Crippen molar-refractivity contribution in [3.05, 3.63) is 12.7 Å². The number of methoxy groups -OCH3 is 1. The lowest BCUT2D eigenvalue weighted by atomic mass is 10.2. The molecule has 86 valence electrons. The number of urea groups is 1. The Labute approximate surface area is 88.3 Å². The molecule has 0 aliphatic heterocycles. The van der Waals surface area contributed by atoms with E-state index in [1.54, 1.807) is 0 Å². The van der Waals surface area contributed by atoms with Crippen LogP contribution in [0.15, 0.2) is 12.7 Å². The van der Waals surface area contributed by atoms with E-state index in [1.165, 1.54) is 13.2 Å². The van der Waals surface area contributed by atoms with Crippen molar-refractivity contribution < 1.29 is 19.4 Å². The van der Waals surface area contributed by atoms with E-state index >= 15 is 0 Å². The van der Waals surface area contributed by atoms with Crippen LogP contribution in [0, 0.1) is 0 Å². The molecule has 0 heterocycles. The molecule has 0 rings (SSSR count). The highest BCUT2D eigenvalue weighted by molar-refractivity contribution is 5.82. The molecule has 3 N–H and O–H groups in total. The summed E-state index contributed by atoms with van der Waals surface area (Å²) in [6.07, 6.45) is 1.73. The molecule has 6 nitrogen and oxygen atoms in total. The predicted octanol–water partition coefficient (Wildman–Crippen LogP) is -0.0387. The molecule has 2 amide bonds. The van der Waals surface area contributed by atoms with Gasteiger partial charge >= 0.3 is 12.0 Å². The maximum Gasteiger partial charge on any atom is 0.326 e. The maximum absolute atomic E-state index is 11.1. The van der Waals surface area contributed by atoms with E-state index in [4.69, 9.17) is 9.84 Å². The van der Waals surface area contributed by atoms with Gasteiger partial charge in [0.1, 0.15) is 6.04 Å². The summed E-state index contributed by atoms with van der Waals surface area (Å²) in [5.74, 6) is -1.08. The Kier molecular flexibility index (Phi) is 7.00. The molecule has 0 aliphatic carbocycles. The molecule has 0 saturated carbocycles. The summed E-state index contributed by atoms with van der Waals surface area (Å²) >= 11 is 0. The van der Waals surface area contributed by atoms with Gasteiger partial charge in [-0.05, 0) is 0 Å². The third-order valence-corrected chi connectivity index (χ3v) is 1.62. The number of amides is 2. The zero-order valence-electron chi connectivity index (χ0n) is 8.66. The number of carbonyl (C=O) groups is 2. The minimum Gasteiger partial charge on any atom is -0.480 e. The van der Waals surface area contributed by atoms with Crippen LogP contribution in [-0.2, 0) is 9.53 Å². The van der Waals surface area contributed by atoms with Gasteiger partial charge in [-0.1, -0.05) is 6.08 Å². The first kappa shape index (κ1) is 13.4. The lowest BCUT2D eigenvalue weighted by molar-refractivity contribution is -0.139. The number of hydrogen-bond acceptors (Lipinski definition) is 3. The number of carboxylic acid groups (broad SMARTS) is 1. The van der Waals surface area contributed by atoms with Crippen LogP contribution >= 0.6 is 0 Å². The number of hydrogen-bond donors (Lipinski definition) is 3. The molecular weight excluding hydrogens is 200 g/mol. The van der Waals surface area contributed by atoms with E-state index < -0.39 is 18.0 Å². The zero-order chi connectivity index (χ0) is 11.7. The van der Waals surface area contributed by atoms with Crippen LogP contribution in [0.5, 0.6) is 0 Å². The van der Waals surface area contributed by atoms with Gasteiger partial charge in [-0.3, -0.25) is 0 Å². The molecule has 0 fully saturated rings. The normalized spacial score (nSPS) is 11.5. The largest absolute Gasteiger partial charge is 0.480 e. The Morgan fingerprint density at radius 2 is 2.27 bits per heavy atom. The van der Waals surface area contributed by atoms with Crippen molar-refractivity contribution in [2.45, 2.75) is 12.5 Å². The third-order valence-electron chi connectivity index (χ3n) is 1.62. The Morgan fingerprint density at radius 1 is 1.60 bits per heavy atom. The van der Waals surface area contributed by atoms with Crippen molar-refractivity contribution in [1.29, 1.82) is 0 Å². The fourth-order valence-corrected chi connectivity index (χ4v) is 0.867. The summed E-state index contributed by atoms with van der Waals surface area (Å²) in [6, 6.07) is -1.46. The highest BCUT2D eigenvalue weighted by atomic mass is 16.5. The Bertz CT molecular complexity index is 230. The molecule has 0 aromatic rings. The Hall–Kier alpha value is -1.56. The molecule has 0 radical (unpaired) electrons. The molecule has 0 bridgehead atoms. The SMILES string of the molecule is C=CCNC(=O)NC(CCOC)C(=O)O. The van der Waals surface area contributed by atoms with Crippen LogP contribution in [0.1, 0.15) is 6.42 Å². The Morgan fingerprint density at radius 3 is 2.73 bits per heavy atom. The highest BCUT2D eigenvalue weighted by Gasteiger charge is 2.18. The summed E-state index contributed by atoms with van der Waals surface area (Å²) in [4.78, 5) is 21.8. The van der Waals surface area contributed by atoms with Gasteiger partial charge in [-0.2, -0.15) is 0 Å². The quantitative estimate of drug-likeness (QED) is 0.521. The van der Waals surface area contributed by atoms with Crippen LogP contribution in [0.2, 0.25) is 0 Å². The summed E-state index contributed by atoms with van der Waals surface area (Å²) in [6.45, 7) is 3.99. The predicted molar refractivity (Wildman–Crippen MR) is 54.6 cm³/mol. The zero-order valence-corrected chi connectivity index (χ0v) is 8.66. The van der Waals surface area contributed by atoms with Crippen LogP contribution in [-0.4, -0.2) is 43.4 Å². The van der Waals surface area contributed by atoms with Gasteiger partial charge in [0.2, 0.25) is 0 Å². The fourth-order valence-electron chi connectivity index (χ4n) is 0.867. The third kappa shape index (κ3) is 6.50. The van der Waals surface area contributed by atoms with Gasteiger partial charge in [0.15, 0.2) is 0 Å². The number of carbonyl (C=O) groups excluding carboxylic acids is 1. The number of nitrogens with one attached hydrogen (secondary N) is 2. The second kappa shape index (κ2) is 7.81. The molecule has 0 aliphatic rings. The number of carboxylic acids is 1. The summed E-state index contributed by atoms with van der Waals surface area (Å²) in [5.41, 5.74) is 0. The minimum absolute atomic E-state index is 0.230. The first-order valence-corrected chi connectivity index (χ1v) is 4.48. The standard InChI is InChI=1S/C9H16N2O4/c1-3-5-10-9(14)11-7(8(12)13)4-6-15-2/h3,7H,1,4-6H2,2H3,(H,12,13)(H2,10,11,14). The van der Waals surface area contributed by atoms with Gasteiger partial charge in [0, 0.05) is 26.7 Å². The summed E-state index contributed by atoms with van der Waals surface area (Å²) in [5, 5.41) is 13.5. The van der Waals surface area contributed by atoms with Crippen molar-refractivity contribution in [3.8, 4) is 0 Å². The lowest BCUT2D eigenvalue weighted by Crippen LogP contribution is -2.46. The monoisotopic (exact) mass is 216 g/mol. The van der Waals surface area contributed by atoms with Crippen LogP contribution in [0.25, 0.3) is 0 Å². The van der Waals surface area contributed by atoms with E-state index in [0.717, 1.165) is 0 Å². The minimum atomic E-state index is -1.08. The number of aliphatic carboxylic acids is 1. The molecule has 0 spiro atoms. The molecule has 0 saturated heterocycles. The maximum atomic E-state index is 11.1. The van der Waals surface area contributed by atoms with E-state index in [2.05, 4.69) is 17.2 Å². The van der Waals surface area contributed by atoms with Gasteiger partial charge in [0.05, 0.1) is 0 Å².